The van der Waals surface area contributed by atoms with Crippen molar-refractivity contribution in [1.82, 2.24) is 9.97 Å². The molecule has 1 aliphatic heterocycles. The van der Waals surface area contributed by atoms with Gasteiger partial charge in [0, 0.05) is 42.3 Å². The summed E-state index contributed by atoms with van der Waals surface area (Å²) < 4.78 is 56.3. The zero-order valence-electron chi connectivity index (χ0n) is 19.7. The van der Waals surface area contributed by atoms with Crippen molar-refractivity contribution in [2.24, 2.45) is 5.92 Å². The van der Waals surface area contributed by atoms with Crippen LogP contribution in [0.1, 0.15) is 24.1 Å². The average Bonchev–Trinajstić information content (AvgIpc) is 3.32. The maximum Gasteiger partial charge on any atom is 0.207 e. The normalized spacial score (nSPS) is 15.9. The van der Waals surface area contributed by atoms with Crippen LogP contribution in [0.15, 0.2) is 93.7 Å². The second kappa shape index (κ2) is 9.65. The Morgan fingerprint density at radius 3 is 2.31 bits per heavy atom. The summed E-state index contributed by atoms with van der Waals surface area (Å²) >= 11 is 0. The maximum atomic E-state index is 13.4. The SMILES string of the molecule is CS(=O)(=O)c1ccc(C(=CC2CCOCC2)c2cc3c(S(=O)(=O)c4ccccc4)ccnc3[nH]2)cc1. The fraction of sp³-hybridized carbons (Fsp3) is 0.222. The summed E-state index contributed by atoms with van der Waals surface area (Å²) in [5, 5.41) is 0.502. The Labute approximate surface area is 210 Å². The number of allylic oxidation sites excluding steroid dienone is 1. The predicted octanol–water partition coefficient (Wildman–Crippen LogP) is 4.66. The Morgan fingerprint density at radius 2 is 1.64 bits per heavy atom. The lowest BCUT2D eigenvalue weighted by Gasteiger charge is -2.20. The van der Waals surface area contributed by atoms with Crippen molar-refractivity contribution in [3.8, 4) is 0 Å². The number of sulfone groups is 2. The minimum absolute atomic E-state index is 0.180. The summed E-state index contributed by atoms with van der Waals surface area (Å²) in [5.41, 5.74) is 2.87. The van der Waals surface area contributed by atoms with Crippen LogP contribution in [0.25, 0.3) is 16.6 Å². The Balaban J connectivity index is 1.64. The number of hydrogen-bond acceptors (Lipinski definition) is 6. The summed E-state index contributed by atoms with van der Waals surface area (Å²) in [7, 11) is -7.08. The largest absolute Gasteiger partial charge is 0.381 e. The van der Waals surface area contributed by atoms with Crippen LogP contribution in [0.4, 0.5) is 0 Å². The van der Waals surface area contributed by atoms with Crippen molar-refractivity contribution in [3.63, 3.8) is 0 Å². The second-order valence-corrected chi connectivity index (χ2v) is 12.8. The zero-order chi connectivity index (χ0) is 25.3. The molecule has 0 spiro atoms. The van der Waals surface area contributed by atoms with E-state index in [9.17, 15) is 16.8 Å². The van der Waals surface area contributed by atoms with Gasteiger partial charge in [0.2, 0.25) is 9.84 Å². The fourth-order valence-electron chi connectivity index (χ4n) is 4.45. The monoisotopic (exact) mass is 522 g/mol. The molecule has 5 rings (SSSR count). The number of nitrogens with zero attached hydrogens (tertiary/aromatic N) is 1. The summed E-state index contributed by atoms with van der Waals surface area (Å²) in [6.07, 6.45) is 6.57. The number of hydrogen-bond donors (Lipinski definition) is 1. The molecule has 0 amide bonds. The fourth-order valence-corrected chi connectivity index (χ4v) is 6.53. The molecule has 1 aliphatic rings. The first-order chi connectivity index (χ1) is 17.2. The molecule has 0 saturated carbocycles. The van der Waals surface area contributed by atoms with Gasteiger partial charge < -0.3 is 9.72 Å². The van der Waals surface area contributed by atoms with E-state index in [2.05, 4.69) is 16.0 Å². The van der Waals surface area contributed by atoms with Crippen molar-refractivity contribution < 1.29 is 21.6 Å². The highest BCUT2D eigenvalue weighted by atomic mass is 32.2. The van der Waals surface area contributed by atoms with E-state index >= 15 is 0 Å². The molecule has 36 heavy (non-hydrogen) atoms. The van der Waals surface area contributed by atoms with Crippen molar-refractivity contribution in [1.29, 1.82) is 0 Å². The van der Waals surface area contributed by atoms with Crippen molar-refractivity contribution in [2.75, 3.05) is 19.5 Å². The van der Waals surface area contributed by atoms with Crippen LogP contribution < -0.4 is 0 Å². The summed E-state index contributed by atoms with van der Waals surface area (Å²) in [5.74, 6) is 0.273. The van der Waals surface area contributed by atoms with E-state index in [0.717, 1.165) is 24.0 Å². The van der Waals surface area contributed by atoms with Gasteiger partial charge in [-0.25, -0.2) is 21.8 Å². The third-order valence-corrected chi connectivity index (χ3v) is 9.34. The van der Waals surface area contributed by atoms with Gasteiger partial charge in [0.05, 0.1) is 14.7 Å². The lowest BCUT2D eigenvalue weighted by Crippen LogP contribution is -2.14. The third-order valence-electron chi connectivity index (χ3n) is 6.39. The number of benzene rings is 2. The molecule has 0 bridgehead atoms. The maximum absolute atomic E-state index is 13.4. The van der Waals surface area contributed by atoms with Gasteiger partial charge in [-0.3, -0.25) is 0 Å². The number of aromatic amines is 1. The van der Waals surface area contributed by atoms with E-state index < -0.39 is 19.7 Å². The van der Waals surface area contributed by atoms with Crippen LogP contribution in [-0.4, -0.2) is 46.3 Å². The third kappa shape index (κ3) is 4.86. The average molecular weight is 523 g/mol. The van der Waals surface area contributed by atoms with Crippen molar-refractivity contribution in [2.45, 2.75) is 27.5 Å². The molecule has 2 aromatic heterocycles. The molecule has 1 saturated heterocycles. The van der Waals surface area contributed by atoms with E-state index in [-0.39, 0.29) is 20.6 Å². The van der Waals surface area contributed by atoms with Gasteiger partial charge in [0.1, 0.15) is 5.65 Å². The van der Waals surface area contributed by atoms with Gasteiger partial charge in [-0.2, -0.15) is 0 Å². The quantitative estimate of drug-likeness (QED) is 0.395. The minimum Gasteiger partial charge on any atom is -0.381 e. The van der Waals surface area contributed by atoms with Gasteiger partial charge in [0.15, 0.2) is 9.84 Å². The molecule has 9 heteroatoms. The first-order valence-electron chi connectivity index (χ1n) is 11.6. The first-order valence-corrected chi connectivity index (χ1v) is 15.0. The molecule has 0 unspecified atom stereocenters. The number of H-pyrrole nitrogens is 1. The van der Waals surface area contributed by atoms with Crippen molar-refractivity contribution >= 4 is 36.3 Å². The van der Waals surface area contributed by atoms with Crippen LogP contribution in [0.3, 0.4) is 0 Å². The lowest BCUT2D eigenvalue weighted by molar-refractivity contribution is 0.0786. The van der Waals surface area contributed by atoms with E-state index in [4.69, 9.17) is 4.74 Å². The molecular formula is C27H26N2O5S2. The van der Waals surface area contributed by atoms with Gasteiger partial charge in [-0.05, 0) is 60.7 Å². The molecule has 3 heterocycles. The molecular weight excluding hydrogens is 496 g/mol. The van der Waals surface area contributed by atoms with E-state index in [1.54, 1.807) is 54.6 Å². The summed E-state index contributed by atoms with van der Waals surface area (Å²) in [6, 6.07) is 18.4. The van der Waals surface area contributed by atoms with Crippen LogP contribution in [0, 0.1) is 5.92 Å². The van der Waals surface area contributed by atoms with Gasteiger partial charge in [-0.1, -0.05) is 36.4 Å². The first kappa shape index (κ1) is 24.4. The topological polar surface area (TPSA) is 106 Å². The number of aromatic nitrogens is 2. The van der Waals surface area contributed by atoms with Gasteiger partial charge in [0.25, 0.3) is 0 Å². The number of nitrogens with one attached hydrogen (secondary N) is 1. The molecule has 7 nitrogen and oxygen atoms in total. The number of ether oxygens (including phenoxy) is 1. The Kier molecular flexibility index (Phi) is 6.55. The standard InChI is InChI=1S/C27H26N2O5S2/c1-35(30,31)21-9-7-20(8-10-21)23(17-19-12-15-34-16-13-19)25-18-24-26(11-14-28-27(24)29-25)36(32,33)22-5-3-2-4-6-22/h2-11,14,17-19H,12-13,15-16H2,1H3,(H,28,29). The Hall–Kier alpha value is -3.27. The molecule has 0 radical (unpaired) electrons. The molecule has 2 aromatic carbocycles. The van der Waals surface area contributed by atoms with Crippen LogP contribution >= 0.6 is 0 Å². The lowest BCUT2D eigenvalue weighted by atomic mass is 9.93. The molecule has 4 aromatic rings. The number of fused-ring (bicyclic) bond motifs is 1. The summed E-state index contributed by atoms with van der Waals surface area (Å²) in [6.45, 7) is 1.35. The smallest absolute Gasteiger partial charge is 0.207 e. The highest BCUT2D eigenvalue weighted by molar-refractivity contribution is 7.91. The van der Waals surface area contributed by atoms with Gasteiger partial charge in [-0.15, -0.1) is 0 Å². The van der Waals surface area contributed by atoms with Crippen LogP contribution in [-0.2, 0) is 24.4 Å². The highest BCUT2D eigenvalue weighted by Gasteiger charge is 2.23. The van der Waals surface area contributed by atoms with Crippen molar-refractivity contribution in [3.05, 3.63) is 90.3 Å². The van der Waals surface area contributed by atoms with Gasteiger partial charge >= 0.3 is 0 Å². The molecule has 0 atom stereocenters. The summed E-state index contributed by atoms with van der Waals surface area (Å²) in [4.78, 5) is 8.33. The van der Waals surface area contributed by atoms with Crippen LogP contribution in [0.5, 0.6) is 0 Å². The number of pyridine rings is 1. The molecule has 1 fully saturated rings. The zero-order valence-corrected chi connectivity index (χ0v) is 21.3. The van der Waals surface area contributed by atoms with E-state index in [1.165, 1.54) is 18.5 Å². The predicted molar refractivity (Wildman–Crippen MR) is 138 cm³/mol. The van der Waals surface area contributed by atoms with E-state index in [0.29, 0.717) is 29.9 Å². The Morgan fingerprint density at radius 1 is 0.944 bits per heavy atom. The van der Waals surface area contributed by atoms with E-state index in [1.807, 2.05) is 6.07 Å². The Bertz CT molecular complexity index is 1630. The molecule has 1 N–H and O–H groups in total. The minimum atomic E-state index is -3.75. The number of rotatable bonds is 6. The second-order valence-electron chi connectivity index (χ2n) is 8.90. The molecule has 0 aliphatic carbocycles. The van der Waals surface area contributed by atoms with Crippen LogP contribution in [0.2, 0.25) is 0 Å². The molecule has 186 valence electrons. The highest BCUT2D eigenvalue weighted by Crippen LogP contribution is 2.33.